The molecule has 0 aliphatic carbocycles. The topological polar surface area (TPSA) is 25.8 Å². The van der Waals surface area contributed by atoms with E-state index in [0.29, 0.717) is 0 Å². The second kappa shape index (κ2) is 14.8. The van der Waals surface area contributed by atoms with Crippen LogP contribution in [-0.2, 0) is 11.8 Å². The Kier molecular flexibility index (Phi) is 9.24. The molecule has 6 aromatic carbocycles. The molecule has 0 N–H and O–H groups in total. The Hall–Kier alpha value is -6.52. The zero-order valence-corrected chi connectivity index (χ0v) is 37.7. The summed E-state index contributed by atoms with van der Waals surface area (Å²) in [6, 6.07) is 52.1. The lowest BCUT2D eigenvalue weighted by Crippen LogP contribution is -2.50. The van der Waals surface area contributed by atoms with Gasteiger partial charge in [0.25, 0.3) is 0 Å². The van der Waals surface area contributed by atoms with Crippen molar-refractivity contribution in [1.82, 2.24) is 4.57 Å². The Morgan fingerprint density at radius 3 is 2.17 bits per heavy atom. The van der Waals surface area contributed by atoms with E-state index in [-0.39, 0.29) is 29.2 Å². The number of nitrogens with zero attached hydrogens (tertiary/aromatic N) is 3. The number of benzene rings is 6. The van der Waals surface area contributed by atoms with E-state index in [0.717, 1.165) is 69.3 Å². The monoisotopic (exact) mass is 823 g/mol. The van der Waals surface area contributed by atoms with Gasteiger partial charge in [0.05, 0.1) is 6.42 Å². The Balaban J connectivity index is 1.26. The summed E-state index contributed by atoms with van der Waals surface area (Å²) in [6.45, 7) is 21.5. The Bertz CT molecular complexity index is 3250. The van der Waals surface area contributed by atoms with Crippen molar-refractivity contribution in [1.29, 1.82) is 0 Å². The van der Waals surface area contributed by atoms with Crippen molar-refractivity contribution in [2.45, 2.75) is 96.9 Å². The highest BCUT2D eigenvalue weighted by atomic mass is 16.3. The first kappa shape index (κ1) is 39.3. The van der Waals surface area contributed by atoms with Gasteiger partial charge in [-0.1, -0.05) is 146 Å². The Morgan fingerprint density at radius 2 is 1.41 bits per heavy atom. The van der Waals surface area contributed by atoms with Crippen molar-refractivity contribution in [3.05, 3.63) is 180 Å². The van der Waals surface area contributed by atoms with Crippen LogP contribution in [-0.4, -0.2) is 4.57 Å². The lowest BCUT2D eigenvalue weighted by molar-refractivity contribution is -0.720. The third kappa shape index (κ3) is 6.24. The average Bonchev–Trinajstić information content (AvgIpc) is 3.84. The van der Waals surface area contributed by atoms with Crippen LogP contribution in [0.15, 0.2) is 157 Å². The zero-order valence-electron chi connectivity index (χ0n) is 37.7. The average molecular weight is 824 g/mol. The summed E-state index contributed by atoms with van der Waals surface area (Å²) < 4.78 is 14.9. The molecular weight excluding hydrogens is 767 g/mol. The van der Waals surface area contributed by atoms with Gasteiger partial charge in [-0.3, -0.25) is 0 Å². The van der Waals surface area contributed by atoms with Crippen molar-refractivity contribution in [2.75, 3.05) is 0 Å². The van der Waals surface area contributed by atoms with Crippen LogP contribution >= 0.6 is 0 Å². The van der Waals surface area contributed by atoms with Gasteiger partial charge in [-0.05, 0) is 94.8 Å². The van der Waals surface area contributed by atoms with Gasteiger partial charge in [-0.25, -0.2) is 0 Å². The van der Waals surface area contributed by atoms with E-state index in [1.165, 1.54) is 55.9 Å². The van der Waals surface area contributed by atoms with E-state index < -0.39 is 0 Å². The molecule has 2 aliphatic heterocycles. The van der Waals surface area contributed by atoms with Gasteiger partial charge < -0.3 is 4.42 Å². The number of allylic oxidation sites excluding steroid dienone is 1. The molecule has 0 radical (unpaired) electrons. The van der Waals surface area contributed by atoms with Crippen molar-refractivity contribution in [2.24, 2.45) is 0 Å². The summed E-state index contributed by atoms with van der Waals surface area (Å²) in [5.41, 5.74) is 19.5. The molecule has 4 heteroatoms. The minimum atomic E-state index is 0.00598. The largest absolute Gasteiger partial charge is 0.455 e. The molecule has 4 nitrogen and oxygen atoms in total. The molecule has 0 fully saturated rings. The van der Waals surface area contributed by atoms with E-state index in [1.54, 1.807) is 0 Å². The SMILES string of the molecule is C=C1CC2C(CCc3ccc4c(oc5ccccc54)c3-c3n(-c4c(C(C)C)cc(-c5ccccc5)cc4C(C)C)c4ccccc4[n+]31)c1ccccc1-c1ccc(C(C)(C)C)c[n+]12. The highest BCUT2D eigenvalue weighted by Crippen LogP contribution is 2.48. The van der Waals surface area contributed by atoms with Crippen molar-refractivity contribution < 1.29 is 13.6 Å². The Morgan fingerprint density at radius 1 is 0.714 bits per heavy atom. The quantitative estimate of drug-likeness (QED) is 0.162. The molecule has 2 unspecified atom stereocenters. The third-order valence-corrected chi connectivity index (χ3v) is 14.2. The second-order valence-electron chi connectivity index (χ2n) is 19.8. The number of aromatic nitrogens is 3. The maximum atomic E-state index is 7.12. The van der Waals surface area contributed by atoms with Crippen LogP contribution < -0.4 is 9.13 Å². The molecule has 312 valence electrons. The fourth-order valence-corrected chi connectivity index (χ4v) is 11.0. The standard InChI is InChI=1S/C59H57N3O/c1-36(2)48-33-41(39-18-10-9-11-19-39)34-49(37(3)4)56(48)62-52-24-16-15-23-51(52)61-38(5)32-53-45(43-20-12-13-21-44(43)50-31-28-42(35-60(50)53)59(6,7)8)29-26-40-27-30-47-46-22-14-17-25-54(46)63-57(47)55(40)58(61)62/h9-25,27-28,30-31,33-37,45,53H,5,26,29,32H2,1-4,6-8H3/q+2. The van der Waals surface area contributed by atoms with Gasteiger partial charge in [-0.2, -0.15) is 13.7 Å². The minimum Gasteiger partial charge on any atom is -0.455 e. The molecule has 0 amide bonds. The maximum Gasteiger partial charge on any atom is 0.304 e. The number of pyridine rings is 1. The lowest BCUT2D eigenvalue weighted by atomic mass is 9.77. The Labute approximate surface area is 371 Å². The van der Waals surface area contributed by atoms with Gasteiger partial charge in [0.15, 0.2) is 28.9 Å². The molecule has 63 heavy (non-hydrogen) atoms. The first-order valence-electron chi connectivity index (χ1n) is 23.0. The molecule has 9 aromatic rings. The van der Waals surface area contributed by atoms with E-state index in [9.17, 15) is 0 Å². The molecule has 2 atom stereocenters. The smallest absolute Gasteiger partial charge is 0.304 e. The van der Waals surface area contributed by atoms with Crippen LogP contribution in [0.4, 0.5) is 0 Å². The van der Waals surface area contributed by atoms with Crippen molar-refractivity contribution in [3.8, 4) is 39.5 Å². The van der Waals surface area contributed by atoms with Crippen LogP contribution in [0, 0.1) is 0 Å². The highest BCUT2D eigenvalue weighted by molar-refractivity contribution is 6.10. The molecule has 0 bridgehead atoms. The van der Waals surface area contributed by atoms with E-state index in [1.807, 2.05) is 0 Å². The second-order valence-corrected chi connectivity index (χ2v) is 19.8. The summed E-state index contributed by atoms with van der Waals surface area (Å²) in [5.74, 6) is 1.88. The normalized spacial score (nSPS) is 16.3. The van der Waals surface area contributed by atoms with Gasteiger partial charge in [0.2, 0.25) is 5.69 Å². The molecule has 5 heterocycles. The number of aryl methyl sites for hydroxylation is 1. The van der Waals surface area contributed by atoms with Crippen LogP contribution in [0.3, 0.4) is 0 Å². The molecule has 3 aromatic heterocycles. The molecule has 11 rings (SSSR count). The number of fused-ring (bicyclic) bond motifs is 15. The van der Waals surface area contributed by atoms with E-state index in [2.05, 4.69) is 208 Å². The summed E-state index contributed by atoms with van der Waals surface area (Å²) in [5, 5.41) is 2.28. The number of para-hydroxylation sites is 3. The van der Waals surface area contributed by atoms with Gasteiger partial charge in [-0.15, -0.1) is 0 Å². The van der Waals surface area contributed by atoms with E-state index in [4.69, 9.17) is 11.0 Å². The molecule has 0 spiro atoms. The van der Waals surface area contributed by atoms with Gasteiger partial charge >= 0.3 is 5.82 Å². The molecule has 2 aliphatic rings. The summed E-state index contributed by atoms with van der Waals surface area (Å²) in [6.07, 6.45) is 5.12. The van der Waals surface area contributed by atoms with E-state index >= 15 is 0 Å². The lowest BCUT2D eigenvalue weighted by Gasteiger charge is -2.32. The number of imidazole rings is 1. The van der Waals surface area contributed by atoms with Crippen LogP contribution in [0.5, 0.6) is 0 Å². The fourth-order valence-electron chi connectivity index (χ4n) is 11.0. The molecule has 0 saturated carbocycles. The van der Waals surface area contributed by atoms with Crippen LogP contribution in [0.25, 0.3) is 78.1 Å². The predicted octanol–water partition coefficient (Wildman–Crippen LogP) is 14.8. The van der Waals surface area contributed by atoms with Crippen molar-refractivity contribution in [3.63, 3.8) is 0 Å². The number of furan rings is 1. The van der Waals surface area contributed by atoms with Crippen LogP contribution in [0.2, 0.25) is 0 Å². The zero-order chi connectivity index (χ0) is 43.3. The molecular formula is C59H57N3O+2. The summed E-state index contributed by atoms with van der Waals surface area (Å²) in [7, 11) is 0. The maximum absolute atomic E-state index is 7.12. The third-order valence-electron chi connectivity index (χ3n) is 14.2. The fraction of sp³-hybridized carbons (Fsp3) is 0.254. The molecule has 0 saturated heterocycles. The number of hydrogen-bond donors (Lipinski definition) is 0. The van der Waals surface area contributed by atoms with Gasteiger partial charge in [0.1, 0.15) is 22.5 Å². The van der Waals surface area contributed by atoms with Crippen molar-refractivity contribution >= 4 is 38.7 Å². The predicted molar refractivity (Wildman–Crippen MR) is 261 cm³/mol. The number of rotatable bonds is 4. The van der Waals surface area contributed by atoms with Crippen LogP contribution in [0.1, 0.15) is 113 Å². The summed E-state index contributed by atoms with van der Waals surface area (Å²) in [4.78, 5) is 0. The highest BCUT2D eigenvalue weighted by Gasteiger charge is 2.45. The first-order valence-corrected chi connectivity index (χ1v) is 23.0. The van der Waals surface area contributed by atoms with Gasteiger partial charge in [0, 0.05) is 45.0 Å². The minimum absolute atomic E-state index is 0.00598. The number of hydrogen-bond acceptors (Lipinski definition) is 1. The summed E-state index contributed by atoms with van der Waals surface area (Å²) >= 11 is 0. The first-order chi connectivity index (χ1) is 30.5.